The molecule has 20 heavy (non-hydrogen) atoms. The molecule has 1 heterocycles. The lowest BCUT2D eigenvalue weighted by atomic mass is 9.96. The van der Waals surface area contributed by atoms with E-state index in [-0.39, 0.29) is 24.8 Å². The first-order valence-corrected chi connectivity index (χ1v) is 6.89. The number of quaternary nitrogens is 1. The summed E-state index contributed by atoms with van der Waals surface area (Å²) in [6.45, 7) is 1.86. The number of nitrogens with zero attached hydrogens (tertiary/aromatic N) is 1. The second-order valence-electron chi connectivity index (χ2n) is 5.51. The summed E-state index contributed by atoms with van der Waals surface area (Å²) in [5, 5.41) is 19.0. The van der Waals surface area contributed by atoms with Crippen molar-refractivity contribution in [3.63, 3.8) is 0 Å². The topological polar surface area (TPSA) is 74.6 Å². The van der Waals surface area contributed by atoms with E-state index in [1.807, 2.05) is 30.3 Å². The Morgan fingerprint density at radius 3 is 2.45 bits per heavy atom. The second-order valence-corrected chi connectivity index (χ2v) is 6.24. The van der Waals surface area contributed by atoms with Crippen LogP contribution in [0, 0.1) is 0 Å². The number of benzene rings is 1. The highest BCUT2D eigenvalue weighted by Crippen LogP contribution is 2.41. The van der Waals surface area contributed by atoms with Crippen LogP contribution in [0.1, 0.15) is 18.9 Å². The van der Waals surface area contributed by atoms with Crippen LogP contribution in [0.3, 0.4) is 0 Å². The number of carboxylic acids is 1. The van der Waals surface area contributed by atoms with Crippen LogP contribution in [-0.4, -0.2) is 44.1 Å². The van der Waals surface area contributed by atoms with Gasteiger partial charge < -0.3 is 10.2 Å². The van der Waals surface area contributed by atoms with E-state index >= 15 is 0 Å². The lowest BCUT2D eigenvalue weighted by Crippen LogP contribution is -2.65. The summed E-state index contributed by atoms with van der Waals surface area (Å²) in [5.74, 6) is -1.09. The lowest BCUT2D eigenvalue weighted by molar-refractivity contribution is -0.897. The van der Waals surface area contributed by atoms with Crippen LogP contribution in [0.2, 0.25) is 0 Å². The molecular weight excluding hydrogens is 278 g/mol. The van der Waals surface area contributed by atoms with Gasteiger partial charge in [0, 0.05) is 18.9 Å². The molecule has 1 aromatic carbocycles. The van der Waals surface area contributed by atoms with Crippen molar-refractivity contribution in [2.24, 2.45) is 0 Å². The summed E-state index contributed by atoms with van der Waals surface area (Å²) < 4.78 is -0.513. The van der Waals surface area contributed by atoms with Gasteiger partial charge in [0.2, 0.25) is 5.54 Å². The Hall–Kier alpha value is -1.53. The molecule has 0 spiro atoms. The Morgan fingerprint density at radius 1 is 1.35 bits per heavy atom. The molecule has 3 unspecified atom stereocenters. The van der Waals surface area contributed by atoms with Gasteiger partial charge in [-0.05, 0) is 0 Å². The van der Waals surface area contributed by atoms with Gasteiger partial charge >= 0.3 is 12.1 Å². The maximum Gasteiger partial charge on any atom is 0.514 e. The maximum absolute atomic E-state index is 11.9. The van der Waals surface area contributed by atoms with E-state index in [0.29, 0.717) is 0 Å². The van der Waals surface area contributed by atoms with E-state index in [1.165, 1.54) is 6.92 Å². The molecule has 2 N–H and O–H groups in total. The zero-order valence-electron chi connectivity index (χ0n) is 11.2. The SMILES string of the molecule is CC1(C(=O)O)CC(S)C[N+]1(Cc1ccccc1)C(=O)O. The van der Waals surface area contributed by atoms with Crippen LogP contribution in [0.5, 0.6) is 0 Å². The Labute approximate surface area is 122 Å². The molecule has 0 aromatic heterocycles. The number of rotatable bonds is 3. The Morgan fingerprint density at radius 2 is 1.95 bits per heavy atom. The minimum atomic E-state index is -1.37. The number of aliphatic carboxylic acids is 1. The molecule has 108 valence electrons. The van der Waals surface area contributed by atoms with E-state index < -0.39 is 22.1 Å². The molecule has 1 amide bonds. The van der Waals surface area contributed by atoms with Crippen LogP contribution < -0.4 is 0 Å². The summed E-state index contributed by atoms with van der Waals surface area (Å²) in [5.41, 5.74) is -0.557. The Balaban J connectivity index is 2.48. The van der Waals surface area contributed by atoms with Gasteiger partial charge in [-0.25, -0.2) is 9.28 Å². The molecular formula is C14H18NO4S+. The maximum atomic E-state index is 11.9. The minimum absolute atomic E-state index is 0.149. The van der Waals surface area contributed by atoms with Crippen LogP contribution in [0.4, 0.5) is 4.79 Å². The van der Waals surface area contributed by atoms with Gasteiger partial charge in [0.05, 0.1) is 5.25 Å². The number of thiol groups is 1. The quantitative estimate of drug-likeness (QED) is 0.590. The van der Waals surface area contributed by atoms with Crippen molar-refractivity contribution in [2.75, 3.05) is 6.54 Å². The molecule has 2 rings (SSSR count). The standard InChI is InChI=1S/C14H17NO4S/c1-14(12(16)17)7-11(20)9-15(14,13(18)19)8-10-5-3-2-4-6-10/h2-6,11H,7-9H2,1H3,(H2-,16,17,18,19,20)/p+1. The van der Waals surface area contributed by atoms with Crippen LogP contribution in [0.25, 0.3) is 0 Å². The van der Waals surface area contributed by atoms with Gasteiger partial charge in [-0.15, -0.1) is 0 Å². The van der Waals surface area contributed by atoms with Crippen LogP contribution in [0.15, 0.2) is 30.3 Å². The summed E-state index contributed by atoms with van der Waals surface area (Å²) in [7, 11) is 0. The number of likely N-dealkylation sites (tertiary alicyclic amines) is 1. The average molecular weight is 296 g/mol. The molecule has 0 bridgehead atoms. The molecule has 1 saturated heterocycles. The Bertz CT molecular complexity index is 535. The van der Waals surface area contributed by atoms with Crippen molar-refractivity contribution < 1.29 is 24.3 Å². The average Bonchev–Trinajstić information content (AvgIpc) is 2.64. The Kier molecular flexibility index (Phi) is 3.80. The fraction of sp³-hybridized carbons (Fsp3) is 0.429. The van der Waals surface area contributed by atoms with Crippen molar-refractivity contribution in [3.05, 3.63) is 35.9 Å². The first kappa shape index (κ1) is 14.9. The fourth-order valence-electron chi connectivity index (χ4n) is 3.02. The van der Waals surface area contributed by atoms with Crippen LogP contribution >= 0.6 is 12.6 Å². The van der Waals surface area contributed by atoms with Crippen molar-refractivity contribution in [2.45, 2.75) is 30.7 Å². The van der Waals surface area contributed by atoms with E-state index in [4.69, 9.17) is 0 Å². The largest absolute Gasteiger partial charge is 0.514 e. The molecule has 1 aromatic rings. The zero-order valence-corrected chi connectivity index (χ0v) is 12.1. The van der Waals surface area contributed by atoms with Crippen molar-refractivity contribution in [1.82, 2.24) is 0 Å². The summed E-state index contributed by atoms with van der Waals surface area (Å²) >= 11 is 4.33. The number of carboxylic acid groups (broad SMARTS) is 2. The molecule has 1 aliphatic heterocycles. The number of hydrogen-bond donors (Lipinski definition) is 3. The highest BCUT2D eigenvalue weighted by atomic mass is 32.1. The van der Waals surface area contributed by atoms with E-state index in [1.54, 1.807) is 0 Å². The predicted octanol–water partition coefficient (Wildman–Crippen LogP) is 2.23. The lowest BCUT2D eigenvalue weighted by Gasteiger charge is -2.39. The third-order valence-electron chi connectivity index (χ3n) is 4.22. The van der Waals surface area contributed by atoms with Crippen LogP contribution in [-0.2, 0) is 11.3 Å². The predicted molar refractivity (Wildman–Crippen MR) is 76.7 cm³/mol. The molecule has 5 nitrogen and oxygen atoms in total. The molecule has 0 saturated carbocycles. The third kappa shape index (κ3) is 2.19. The number of amides is 1. The monoisotopic (exact) mass is 296 g/mol. The molecule has 1 fully saturated rings. The van der Waals surface area contributed by atoms with Gasteiger partial charge in [0.15, 0.2) is 0 Å². The van der Waals surface area contributed by atoms with E-state index in [2.05, 4.69) is 12.6 Å². The molecule has 0 aliphatic carbocycles. The smallest absolute Gasteiger partial charge is 0.477 e. The van der Waals surface area contributed by atoms with Crippen molar-refractivity contribution >= 4 is 24.7 Å². The second kappa shape index (κ2) is 5.10. The van der Waals surface area contributed by atoms with Gasteiger partial charge in [0.25, 0.3) is 0 Å². The normalized spacial score (nSPS) is 33.0. The van der Waals surface area contributed by atoms with Gasteiger partial charge in [0.1, 0.15) is 13.1 Å². The van der Waals surface area contributed by atoms with E-state index in [9.17, 15) is 19.8 Å². The first-order chi connectivity index (χ1) is 9.32. The van der Waals surface area contributed by atoms with E-state index in [0.717, 1.165) is 5.56 Å². The summed E-state index contributed by atoms with van der Waals surface area (Å²) in [6, 6.07) is 9.12. The van der Waals surface area contributed by atoms with Crippen molar-refractivity contribution in [1.29, 1.82) is 0 Å². The minimum Gasteiger partial charge on any atom is -0.477 e. The molecule has 1 aliphatic rings. The highest BCUT2D eigenvalue weighted by Gasteiger charge is 2.64. The first-order valence-electron chi connectivity index (χ1n) is 6.38. The summed E-state index contributed by atoms with van der Waals surface area (Å²) in [4.78, 5) is 23.5. The number of carbonyl (C=O) groups is 2. The van der Waals surface area contributed by atoms with Gasteiger partial charge in [-0.1, -0.05) is 30.3 Å². The fourth-order valence-corrected chi connectivity index (χ4v) is 3.65. The number of hydrogen-bond acceptors (Lipinski definition) is 3. The van der Waals surface area contributed by atoms with Gasteiger partial charge in [-0.3, -0.25) is 0 Å². The molecule has 3 atom stereocenters. The highest BCUT2D eigenvalue weighted by molar-refractivity contribution is 7.81. The molecule has 6 heteroatoms. The zero-order chi connectivity index (χ0) is 15.0. The van der Waals surface area contributed by atoms with Crippen molar-refractivity contribution in [3.8, 4) is 0 Å². The third-order valence-corrected chi connectivity index (χ3v) is 4.57. The van der Waals surface area contributed by atoms with Gasteiger partial charge in [-0.2, -0.15) is 17.4 Å². The summed E-state index contributed by atoms with van der Waals surface area (Å²) in [6.07, 6.45) is -0.875. The molecule has 0 radical (unpaired) electrons.